The maximum atomic E-state index is 3.82. The van der Waals surface area contributed by atoms with E-state index in [1.54, 1.807) is 0 Å². The lowest BCUT2D eigenvalue weighted by atomic mass is 9.78. The van der Waals surface area contributed by atoms with Gasteiger partial charge < -0.3 is 10.2 Å². The molecule has 4 aromatic rings. The number of benzene rings is 4. The molecule has 1 N–H and O–H groups in total. The van der Waals surface area contributed by atoms with E-state index >= 15 is 0 Å². The van der Waals surface area contributed by atoms with Crippen LogP contribution in [0.25, 0.3) is 22.8 Å². The summed E-state index contributed by atoms with van der Waals surface area (Å²) in [6, 6.07) is 33.7. The summed E-state index contributed by atoms with van der Waals surface area (Å²) < 4.78 is 1.39. The quantitative estimate of drug-likeness (QED) is 0.214. The Hall–Kier alpha value is -4.35. The smallest absolute Gasteiger partial charge is 0.130 e. The van der Waals surface area contributed by atoms with Crippen molar-refractivity contribution in [3.05, 3.63) is 182 Å². The lowest BCUT2D eigenvalue weighted by molar-refractivity contribution is 0.634. The van der Waals surface area contributed by atoms with Crippen LogP contribution < -0.4 is 10.2 Å². The number of nitrogens with zero attached hydrogens (tertiary/aromatic N) is 1. The van der Waals surface area contributed by atoms with Crippen LogP contribution in [0.1, 0.15) is 64.7 Å². The highest BCUT2D eigenvalue weighted by Crippen LogP contribution is 2.46. The van der Waals surface area contributed by atoms with Crippen LogP contribution in [0.5, 0.6) is 0 Å². The lowest BCUT2D eigenvalue weighted by Gasteiger charge is -2.29. The highest BCUT2D eigenvalue weighted by Gasteiger charge is 2.33. The van der Waals surface area contributed by atoms with Crippen molar-refractivity contribution in [2.45, 2.75) is 38.3 Å². The second kappa shape index (κ2) is 11.9. The Morgan fingerprint density at radius 1 is 0.800 bits per heavy atom. The molecule has 1 aliphatic heterocycles. The molecule has 0 fully saturated rings. The van der Waals surface area contributed by atoms with Gasteiger partial charge in [-0.3, -0.25) is 0 Å². The molecule has 2 nitrogen and oxygen atoms in total. The molecule has 0 saturated carbocycles. The van der Waals surface area contributed by atoms with E-state index in [1.807, 2.05) is 0 Å². The molecule has 45 heavy (non-hydrogen) atoms. The van der Waals surface area contributed by atoms with Gasteiger partial charge in [0.25, 0.3) is 0 Å². The van der Waals surface area contributed by atoms with E-state index in [0.29, 0.717) is 5.92 Å². The normalized spacial score (nSPS) is 22.6. The molecule has 2 atom stereocenters. The third-order valence-corrected chi connectivity index (χ3v) is 10.6. The molecule has 0 spiro atoms. The number of halogens is 1. The third-order valence-electron chi connectivity index (χ3n) is 9.51. The Labute approximate surface area is 280 Å². The van der Waals surface area contributed by atoms with Crippen molar-refractivity contribution in [3.8, 4) is 11.1 Å². The molecule has 2 unspecified atom stereocenters. The molecule has 4 aromatic carbocycles. The first kappa shape index (κ1) is 28.1. The first-order valence-corrected chi connectivity index (χ1v) is 17.0. The average molecular weight is 695 g/mol. The van der Waals surface area contributed by atoms with E-state index in [9.17, 15) is 0 Å². The first-order chi connectivity index (χ1) is 22.2. The average Bonchev–Trinajstić information content (AvgIpc) is 3.50. The predicted molar refractivity (Wildman–Crippen MR) is 198 cm³/mol. The van der Waals surface area contributed by atoms with E-state index in [-0.39, 0.29) is 6.17 Å². The van der Waals surface area contributed by atoms with Crippen LogP contribution in [0, 0.1) is 6.92 Å². The number of allylic oxidation sites excluding steroid dienone is 9. The molecule has 0 bridgehead atoms. The summed E-state index contributed by atoms with van der Waals surface area (Å²) in [5.74, 6) is 0.398. The van der Waals surface area contributed by atoms with Gasteiger partial charge in [0.1, 0.15) is 6.17 Å². The van der Waals surface area contributed by atoms with E-state index in [4.69, 9.17) is 0 Å². The number of nitrogens with one attached hydrogen (secondary N) is 1. The van der Waals surface area contributed by atoms with Gasteiger partial charge >= 0.3 is 0 Å². The molecule has 1 heterocycles. The van der Waals surface area contributed by atoms with Crippen LogP contribution in [0.15, 0.2) is 149 Å². The van der Waals surface area contributed by atoms with Gasteiger partial charge in [-0.1, -0.05) is 121 Å². The van der Waals surface area contributed by atoms with Gasteiger partial charge in [0, 0.05) is 17.3 Å². The van der Waals surface area contributed by atoms with E-state index in [0.717, 1.165) is 19.3 Å². The van der Waals surface area contributed by atoms with Gasteiger partial charge in [0.15, 0.2) is 0 Å². The first-order valence-electron chi connectivity index (χ1n) is 15.9. The summed E-state index contributed by atoms with van der Waals surface area (Å²) in [7, 11) is 0. The minimum atomic E-state index is 0.0986. The van der Waals surface area contributed by atoms with Gasteiger partial charge in [-0.05, 0) is 121 Å². The van der Waals surface area contributed by atoms with Crippen molar-refractivity contribution in [1.82, 2.24) is 5.32 Å². The van der Waals surface area contributed by atoms with Crippen molar-refractivity contribution in [2.24, 2.45) is 0 Å². The van der Waals surface area contributed by atoms with Crippen LogP contribution in [0.4, 0.5) is 5.69 Å². The van der Waals surface area contributed by atoms with Crippen LogP contribution in [-0.4, -0.2) is 0 Å². The maximum Gasteiger partial charge on any atom is 0.130 e. The fraction of sp³-hybridized carbons (Fsp3) is 0.143. The molecular formula is C42H35IN2. The summed E-state index contributed by atoms with van der Waals surface area (Å²) in [6.07, 6.45) is 21.2. The molecule has 220 valence electrons. The number of aryl methyl sites for hydroxylation is 1. The standard InChI is InChI=1S/C42H35IN2/c1-28-27-32(35-25-26-37-38(43)16-7-3-4-11-30-14-10-15-36(35)41(30)37)21-24-34(28)29-19-22-33(23-20-29)45-40-18-9-8-17-39(40)44-42(45)31-12-5-2-6-13-31/h2-7,9-16,18-25,27,37,42,44H,8,17,26H2,1H3/b7-3-,11-4+,38-16-. The summed E-state index contributed by atoms with van der Waals surface area (Å²) >= 11 is 2.53. The number of anilines is 1. The van der Waals surface area contributed by atoms with Crippen LogP contribution in [0.3, 0.4) is 0 Å². The Bertz CT molecular complexity index is 1970. The van der Waals surface area contributed by atoms with Crippen molar-refractivity contribution in [2.75, 3.05) is 4.90 Å². The van der Waals surface area contributed by atoms with E-state index in [1.165, 1.54) is 70.7 Å². The molecular weight excluding hydrogens is 659 g/mol. The van der Waals surface area contributed by atoms with Crippen molar-refractivity contribution >= 4 is 39.9 Å². The Kier molecular flexibility index (Phi) is 7.42. The molecule has 0 aromatic heterocycles. The Balaban J connectivity index is 1.11. The molecule has 0 saturated heterocycles. The second-order valence-corrected chi connectivity index (χ2v) is 13.5. The monoisotopic (exact) mass is 694 g/mol. The van der Waals surface area contributed by atoms with Gasteiger partial charge in [0.2, 0.25) is 0 Å². The van der Waals surface area contributed by atoms with E-state index < -0.39 is 0 Å². The second-order valence-electron chi connectivity index (χ2n) is 12.2. The fourth-order valence-corrected chi connectivity index (χ4v) is 8.10. The largest absolute Gasteiger partial charge is 0.363 e. The van der Waals surface area contributed by atoms with Crippen LogP contribution >= 0.6 is 22.6 Å². The third kappa shape index (κ3) is 5.13. The van der Waals surface area contributed by atoms with E-state index in [2.05, 4.69) is 179 Å². The minimum absolute atomic E-state index is 0.0986. The summed E-state index contributed by atoms with van der Waals surface area (Å²) in [5.41, 5.74) is 15.7. The topological polar surface area (TPSA) is 15.3 Å². The van der Waals surface area contributed by atoms with Crippen molar-refractivity contribution in [3.63, 3.8) is 0 Å². The molecule has 0 radical (unpaired) electrons. The SMILES string of the molecule is Cc1cc(C2=CCC3/C(I)=C/C=C\C=C\c4cccc2c43)ccc1-c1ccc(N2C3=C(CCC=C3)NC2c2ccccc2)cc1. The van der Waals surface area contributed by atoms with Gasteiger partial charge in [0.05, 0.1) is 5.70 Å². The van der Waals surface area contributed by atoms with Crippen molar-refractivity contribution in [1.29, 1.82) is 0 Å². The lowest BCUT2D eigenvalue weighted by Crippen LogP contribution is -2.28. The molecule has 3 aliphatic carbocycles. The van der Waals surface area contributed by atoms with Crippen molar-refractivity contribution < 1.29 is 0 Å². The minimum Gasteiger partial charge on any atom is -0.363 e. The molecule has 4 aliphatic rings. The summed E-state index contributed by atoms with van der Waals surface area (Å²) in [5, 5.41) is 3.82. The summed E-state index contributed by atoms with van der Waals surface area (Å²) in [4.78, 5) is 2.46. The van der Waals surface area contributed by atoms with Gasteiger partial charge in [-0.15, -0.1) is 0 Å². The highest BCUT2D eigenvalue weighted by atomic mass is 127. The van der Waals surface area contributed by atoms with Gasteiger partial charge in [-0.2, -0.15) is 0 Å². The van der Waals surface area contributed by atoms with Crippen LogP contribution in [-0.2, 0) is 0 Å². The Morgan fingerprint density at radius 3 is 2.49 bits per heavy atom. The zero-order valence-corrected chi connectivity index (χ0v) is 27.5. The maximum absolute atomic E-state index is 3.82. The molecule has 8 rings (SSSR count). The van der Waals surface area contributed by atoms with Gasteiger partial charge in [-0.25, -0.2) is 0 Å². The highest BCUT2D eigenvalue weighted by molar-refractivity contribution is 14.1. The predicted octanol–water partition coefficient (Wildman–Crippen LogP) is 11.2. The fourth-order valence-electron chi connectivity index (χ4n) is 7.33. The summed E-state index contributed by atoms with van der Waals surface area (Å²) in [6.45, 7) is 2.25. The zero-order valence-electron chi connectivity index (χ0n) is 25.4. The number of hydrogen-bond acceptors (Lipinski definition) is 2. The van der Waals surface area contributed by atoms with Crippen LogP contribution in [0.2, 0.25) is 0 Å². The number of hydrogen-bond donors (Lipinski definition) is 1. The molecule has 3 heteroatoms. The zero-order chi connectivity index (χ0) is 30.3. The number of rotatable bonds is 4. The molecule has 0 amide bonds. The Morgan fingerprint density at radius 2 is 1.64 bits per heavy atom.